The van der Waals surface area contributed by atoms with E-state index < -0.39 is 0 Å². The number of rotatable bonds is 6. The minimum Gasteiger partial charge on any atom is -0.377 e. The van der Waals surface area contributed by atoms with Gasteiger partial charge in [-0.25, -0.2) is 0 Å². The molecule has 90 valence electrons. The average Bonchev–Trinajstić information content (AvgIpc) is 2.71. The molecule has 0 radical (unpaired) electrons. The van der Waals surface area contributed by atoms with Gasteiger partial charge in [0.25, 0.3) is 0 Å². The van der Waals surface area contributed by atoms with E-state index in [4.69, 9.17) is 10.5 Å². The van der Waals surface area contributed by atoms with Crippen molar-refractivity contribution in [2.24, 2.45) is 11.7 Å². The fourth-order valence-electron chi connectivity index (χ4n) is 2.36. The number of likely N-dealkylation sites (N-methyl/N-ethyl adjacent to an activating group) is 1. The van der Waals surface area contributed by atoms with E-state index >= 15 is 0 Å². The fourth-order valence-corrected chi connectivity index (χ4v) is 2.36. The molecule has 0 spiro atoms. The number of hydrogen-bond acceptors (Lipinski definition) is 3. The second-order valence-electron chi connectivity index (χ2n) is 4.76. The maximum Gasteiger partial charge on any atom is 0.0702 e. The SMILES string of the molecule is CCC(C)C(CN)N(C)CC1CCCO1. The Morgan fingerprint density at radius 2 is 2.27 bits per heavy atom. The van der Waals surface area contributed by atoms with Gasteiger partial charge < -0.3 is 10.5 Å². The third-order valence-electron chi connectivity index (χ3n) is 3.62. The third-order valence-corrected chi connectivity index (χ3v) is 3.62. The lowest BCUT2D eigenvalue weighted by Gasteiger charge is -2.32. The highest BCUT2D eigenvalue weighted by Crippen LogP contribution is 2.17. The van der Waals surface area contributed by atoms with Crippen LogP contribution in [0.3, 0.4) is 0 Å². The topological polar surface area (TPSA) is 38.5 Å². The Kier molecular flexibility index (Phi) is 5.58. The minimum absolute atomic E-state index is 0.438. The van der Waals surface area contributed by atoms with Crippen molar-refractivity contribution in [3.63, 3.8) is 0 Å². The second kappa shape index (κ2) is 6.46. The zero-order chi connectivity index (χ0) is 11.3. The Balaban J connectivity index is 2.37. The summed E-state index contributed by atoms with van der Waals surface area (Å²) in [6.07, 6.45) is 4.06. The highest BCUT2D eigenvalue weighted by Gasteiger charge is 2.23. The molecular formula is C12H26N2O. The van der Waals surface area contributed by atoms with Crippen LogP contribution in [0.25, 0.3) is 0 Å². The van der Waals surface area contributed by atoms with E-state index in [2.05, 4.69) is 25.8 Å². The van der Waals surface area contributed by atoms with Crippen LogP contribution in [0.1, 0.15) is 33.1 Å². The van der Waals surface area contributed by atoms with E-state index in [1.807, 2.05) is 0 Å². The molecule has 1 fully saturated rings. The summed E-state index contributed by atoms with van der Waals surface area (Å²) >= 11 is 0. The summed E-state index contributed by atoms with van der Waals surface area (Å²) in [6, 6.07) is 0.499. The normalized spacial score (nSPS) is 25.8. The first-order valence-corrected chi connectivity index (χ1v) is 6.21. The van der Waals surface area contributed by atoms with Crippen LogP contribution in [0.4, 0.5) is 0 Å². The molecule has 0 aromatic heterocycles. The van der Waals surface area contributed by atoms with Crippen molar-refractivity contribution < 1.29 is 4.74 Å². The summed E-state index contributed by atoms with van der Waals surface area (Å²) in [5, 5.41) is 0. The second-order valence-corrected chi connectivity index (χ2v) is 4.76. The Morgan fingerprint density at radius 3 is 2.73 bits per heavy atom. The molecule has 1 aliphatic rings. The van der Waals surface area contributed by atoms with Gasteiger partial charge in [-0.15, -0.1) is 0 Å². The maximum atomic E-state index is 5.84. The van der Waals surface area contributed by atoms with E-state index in [0.29, 0.717) is 18.1 Å². The molecular weight excluding hydrogens is 188 g/mol. The lowest BCUT2D eigenvalue weighted by Crippen LogP contribution is -2.45. The average molecular weight is 214 g/mol. The van der Waals surface area contributed by atoms with Gasteiger partial charge >= 0.3 is 0 Å². The Labute approximate surface area is 94.0 Å². The smallest absolute Gasteiger partial charge is 0.0702 e. The highest BCUT2D eigenvalue weighted by atomic mass is 16.5. The number of nitrogens with two attached hydrogens (primary N) is 1. The molecule has 0 amide bonds. The molecule has 2 N–H and O–H groups in total. The largest absolute Gasteiger partial charge is 0.377 e. The summed E-state index contributed by atoms with van der Waals surface area (Å²) in [7, 11) is 2.17. The third kappa shape index (κ3) is 3.74. The molecule has 1 rings (SSSR count). The van der Waals surface area contributed by atoms with Gasteiger partial charge in [0.05, 0.1) is 6.10 Å². The molecule has 15 heavy (non-hydrogen) atoms. The minimum atomic E-state index is 0.438. The molecule has 0 bridgehead atoms. The van der Waals surface area contributed by atoms with Crippen molar-refractivity contribution in [2.45, 2.75) is 45.3 Å². The van der Waals surface area contributed by atoms with Gasteiger partial charge in [-0.2, -0.15) is 0 Å². The zero-order valence-electron chi connectivity index (χ0n) is 10.4. The molecule has 3 unspecified atom stereocenters. The Hall–Kier alpha value is -0.120. The molecule has 0 aliphatic carbocycles. The molecule has 0 aromatic rings. The molecule has 1 saturated heterocycles. The zero-order valence-corrected chi connectivity index (χ0v) is 10.4. The van der Waals surface area contributed by atoms with Crippen LogP contribution >= 0.6 is 0 Å². The van der Waals surface area contributed by atoms with Crippen molar-refractivity contribution in [2.75, 3.05) is 26.7 Å². The quantitative estimate of drug-likeness (QED) is 0.727. The highest BCUT2D eigenvalue weighted by molar-refractivity contribution is 4.78. The first-order chi connectivity index (χ1) is 7.19. The molecule has 0 saturated carbocycles. The van der Waals surface area contributed by atoms with E-state index in [1.165, 1.54) is 19.3 Å². The van der Waals surface area contributed by atoms with Gasteiger partial charge in [-0.05, 0) is 25.8 Å². The van der Waals surface area contributed by atoms with Crippen molar-refractivity contribution in [3.8, 4) is 0 Å². The molecule has 1 aliphatic heterocycles. The predicted molar refractivity (Wildman–Crippen MR) is 63.9 cm³/mol. The van der Waals surface area contributed by atoms with E-state index in [1.54, 1.807) is 0 Å². The van der Waals surface area contributed by atoms with Crippen LogP contribution in [-0.2, 0) is 4.74 Å². The van der Waals surface area contributed by atoms with Gasteiger partial charge in [-0.1, -0.05) is 20.3 Å². The van der Waals surface area contributed by atoms with Crippen molar-refractivity contribution in [1.82, 2.24) is 4.90 Å². The Bertz CT molecular complexity index is 169. The van der Waals surface area contributed by atoms with Crippen molar-refractivity contribution in [1.29, 1.82) is 0 Å². The van der Waals surface area contributed by atoms with Gasteiger partial charge in [0.1, 0.15) is 0 Å². The van der Waals surface area contributed by atoms with Crippen LogP contribution < -0.4 is 5.73 Å². The summed E-state index contributed by atoms with van der Waals surface area (Å²) in [4.78, 5) is 2.38. The molecule has 0 aromatic carbocycles. The van der Waals surface area contributed by atoms with Crippen LogP contribution in [0.15, 0.2) is 0 Å². The molecule has 3 atom stereocenters. The van der Waals surface area contributed by atoms with E-state index in [-0.39, 0.29) is 0 Å². The summed E-state index contributed by atoms with van der Waals surface area (Å²) in [6.45, 7) is 7.23. The first-order valence-electron chi connectivity index (χ1n) is 6.21. The van der Waals surface area contributed by atoms with E-state index in [9.17, 15) is 0 Å². The molecule has 3 nitrogen and oxygen atoms in total. The van der Waals surface area contributed by atoms with Crippen LogP contribution in [-0.4, -0.2) is 43.8 Å². The van der Waals surface area contributed by atoms with Gasteiger partial charge in [0.15, 0.2) is 0 Å². The lowest BCUT2D eigenvalue weighted by atomic mass is 9.97. The number of nitrogens with zero attached hydrogens (tertiary/aromatic N) is 1. The standard InChI is InChI=1S/C12H26N2O/c1-4-10(2)12(8-13)14(3)9-11-6-5-7-15-11/h10-12H,4-9,13H2,1-3H3. The van der Waals surface area contributed by atoms with E-state index in [0.717, 1.165) is 19.7 Å². The van der Waals surface area contributed by atoms with Crippen molar-refractivity contribution in [3.05, 3.63) is 0 Å². The maximum absolute atomic E-state index is 5.84. The molecule has 3 heteroatoms. The van der Waals surface area contributed by atoms with Crippen LogP contribution in [0.2, 0.25) is 0 Å². The fraction of sp³-hybridized carbons (Fsp3) is 1.00. The van der Waals surface area contributed by atoms with Gasteiger partial charge in [0.2, 0.25) is 0 Å². The predicted octanol–water partition coefficient (Wildman–Crippen LogP) is 1.47. The summed E-state index contributed by atoms with van der Waals surface area (Å²) in [5.74, 6) is 0.668. The first kappa shape index (κ1) is 12.9. The molecule has 1 heterocycles. The monoisotopic (exact) mass is 214 g/mol. The van der Waals surface area contributed by atoms with Gasteiger partial charge in [0, 0.05) is 25.7 Å². The summed E-state index contributed by atoms with van der Waals surface area (Å²) < 4.78 is 5.65. The Morgan fingerprint density at radius 1 is 1.53 bits per heavy atom. The van der Waals surface area contributed by atoms with Crippen LogP contribution in [0, 0.1) is 5.92 Å². The summed E-state index contributed by atoms with van der Waals surface area (Å²) in [5.41, 5.74) is 5.84. The number of ether oxygens (including phenoxy) is 1. The number of hydrogen-bond donors (Lipinski definition) is 1. The van der Waals surface area contributed by atoms with Crippen LogP contribution in [0.5, 0.6) is 0 Å². The van der Waals surface area contributed by atoms with Gasteiger partial charge in [-0.3, -0.25) is 4.90 Å². The lowest BCUT2D eigenvalue weighted by molar-refractivity contribution is 0.0592. The van der Waals surface area contributed by atoms with Crippen molar-refractivity contribution >= 4 is 0 Å².